The lowest BCUT2D eigenvalue weighted by Crippen LogP contribution is -2.15. The lowest BCUT2D eigenvalue weighted by Gasteiger charge is -2.08. The SMILES string of the molecule is COc1ccc(NC(=O)Cc2csc3nc(-c4ccc(C)cc4)cn23)cc1Cl. The minimum Gasteiger partial charge on any atom is -0.495 e. The van der Waals surface area contributed by atoms with Gasteiger partial charge in [-0.3, -0.25) is 9.20 Å². The third-order valence-corrected chi connectivity index (χ3v) is 5.59. The van der Waals surface area contributed by atoms with Gasteiger partial charge in [-0.25, -0.2) is 4.98 Å². The number of fused-ring (bicyclic) bond motifs is 1. The minimum atomic E-state index is -0.119. The molecule has 28 heavy (non-hydrogen) atoms. The van der Waals surface area contributed by atoms with E-state index in [4.69, 9.17) is 16.3 Å². The summed E-state index contributed by atoms with van der Waals surface area (Å²) in [6, 6.07) is 13.4. The second kappa shape index (κ2) is 7.66. The molecule has 4 aromatic rings. The summed E-state index contributed by atoms with van der Waals surface area (Å²) in [5.41, 5.74) is 4.69. The summed E-state index contributed by atoms with van der Waals surface area (Å²) in [5.74, 6) is 0.452. The van der Waals surface area contributed by atoms with Crippen molar-refractivity contribution >= 4 is 39.5 Å². The molecule has 1 amide bonds. The molecule has 0 atom stereocenters. The molecule has 0 radical (unpaired) electrons. The number of nitrogens with one attached hydrogen (secondary N) is 1. The molecule has 142 valence electrons. The first-order chi connectivity index (χ1) is 13.5. The number of carbonyl (C=O) groups excluding carboxylic acids is 1. The van der Waals surface area contributed by atoms with Gasteiger partial charge in [-0.05, 0) is 25.1 Å². The van der Waals surface area contributed by atoms with Crippen molar-refractivity contribution in [2.45, 2.75) is 13.3 Å². The molecule has 2 heterocycles. The molecular weight excluding hydrogens is 394 g/mol. The largest absolute Gasteiger partial charge is 0.495 e. The zero-order valence-corrected chi connectivity index (χ0v) is 17.0. The number of imidazole rings is 1. The molecule has 0 saturated carbocycles. The summed E-state index contributed by atoms with van der Waals surface area (Å²) in [6.07, 6.45) is 2.22. The van der Waals surface area contributed by atoms with Crippen LogP contribution < -0.4 is 10.1 Å². The van der Waals surface area contributed by atoms with E-state index in [1.54, 1.807) is 25.3 Å². The first-order valence-electron chi connectivity index (χ1n) is 8.69. The Bertz CT molecular complexity index is 1150. The van der Waals surface area contributed by atoms with Crippen molar-refractivity contribution in [3.63, 3.8) is 0 Å². The highest BCUT2D eigenvalue weighted by atomic mass is 35.5. The summed E-state index contributed by atoms with van der Waals surface area (Å²) in [6.45, 7) is 2.06. The van der Waals surface area contributed by atoms with Crippen molar-refractivity contribution in [1.82, 2.24) is 9.38 Å². The maximum atomic E-state index is 12.5. The van der Waals surface area contributed by atoms with Gasteiger partial charge in [0.15, 0.2) is 4.96 Å². The number of hydrogen-bond acceptors (Lipinski definition) is 4. The number of methoxy groups -OCH3 is 1. The summed E-state index contributed by atoms with van der Waals surface area (Å²) in [7, 11) is 1.55. The van der Waals surface area contributed by atoms with Crippen LogP contribution in [0.15, 0.2) is 54.0 Å². The van der Waals surface area contributed by atoms with Gasteiger partial charge in [0.25, 0.3) is 0 Å². The zero-order valence-electron chi connectivity index (χ0n) is 15.4. The van der Waals surface area contributed by atoms with Crippen LogP contribution >= 0.6 is 22.9 Å². The van der Waals surface area contributed by atoms with Crippen LogP contribution in [0.5, 0.6) is 5.75 Å². The average Bonchev–Trinajstić information content (AvgIpc) is 3.24. The Morgan fingerprint density at radius 1 is 1.25 bits per heavy atom. The lowest BCUT2D eigenvalue weighted by molar-refractivity contribution is -0.115. The lowest BCUT2D eigenvalue weighted by atomic mass is 10.1. The van der Waals surface area contributed by atoms with Gasteiger partial charge in [0.2, 0.25) is 5.91 Å². The number of amides is 1. The highest BCUT2D eigenvalue weighted by molar-refractivity contribution is 7.15. The summed E-state index contributed by atoms with van der Waals surface area (Å²) >= 11 is 7.64. The van der Waals surface area contributed by atoms with Crippen LogP contribution in [0.4, 0.5) is 5.69 Å². The van der Waals surface area contributed by atoms with Crippen LogP contribution in [0.25, 0.3) is 16.2 Å². The molecule has 0 saturated heterocycles. The number of rotatable bonds is 5. The molecule has 4 rings (SSSR count). The second-order valence-electron chi connectivity index (χ2n) is 6.45. The molecule has 0 aliphatic carbocycles. The number of ether oxygens (including phenoxy) is 1. The third kappa shape index (κ3) is 3.74. The van der Waals surface area contributed by atoms with Crippen LogP contribution in [-0.4, -0.2) is 22.4 Å². The summed E-state index contributed by atoms with van der Waals surface area (Å²) < 4.78 is 7.10. The monoisotopic (exact) mass is 411 g/mol. The normalized spacial score (nSPS) is 11.0. The fraction of sp³-hybridized carbons (Fsp3) is 0.143. The molecule has 2 aromatic heterocycles. The van der Waals surface area contributed by atoms with Crippen molar-refractivity contribution in [3.05, 3.63) is 70.3 Å². The molecule has 0 bridgehead atoms. The molecule has 0 aliphatic rings. The molecule has 0 spiro atoms. The van der Waals surface area contributed by atoms with Gasteiger partial charge in [0.1, 0.15) is 5.75 Å². The Hall–Kier alpha value is -2.83. The molecule has 2 aromatic carbocycles. The fourth-order valence-electron chi connectivity index (χ4n) is 2.93. The van der Waals surface area contributed by atoms with Gasteiger partial charge in [0.05, 0.1) is 24.2 Å². The topological polar surface area (TPSA) is 55.6 Å². The number of benzene rings is 2. The van der Waals surface area contributed by atoms with Gasteiger partial charge in [0, 0.05) is 28.5 Å². The van der Waals surface area contributed by atoms with E-state index in [2.05, 4.69) is 41.5 Å². The highest BCUT2D eigenvalue weighted by Gasteiger charge is 2.13. The van der Waals surface area contributed by atoms with Gasteiger partial charge >= 0.3 is 0 Å². The van der Waals surface area contributed by atoms with E-state index in [9.17, 15) is 4.79 Å². The van der Waals surface area contributed by atoms with E-state index in [0.717, 1.165) is 21.9 Å². The Balaban J connectivity index is 1.52. The smallest absolute Gasteiger partial charge is 0.230 e. The number of thiazole rings is 1. The second-order valence-corrected chi connectivity index (χ2v) is 7.69. The van der Waals surface area contributed by atoms with Crippen molar-refractivity contribution in [2.24, 2.45) is 0 Å². The van der Waals surface area contributed by atoms with Crippen LogP contribution in [0.3, 0.4) is 0 Å². The summed E-state index contributed by atoms with van der Waals surface area (Å²) in [4.78, 5) is 18.0. The van der Waals surface area contributed by atoms with Crippen molar-refractivity contribution in [1.29, 1.82) is 0 Å². The third-order valence-electron chi connectivity index (χ3n) is 4.41. The Kier molecular flexibility index (Phi) is 5.07. The highest BCUT2D eigenvalue weighted by Crippen LogP contribution is 2.28. The predicted molar refractivity (Wildman–Crippen MR) is 114 cm³/mol. The van der Waals surface area contributed by atoms with Gasteiger partial charge in [-0.15, -0.1) is 11.3 Å². The van der Waals surface area contributed by atoms with Crippen LogP contribution in [0.1, 0.15) is 11.3 Å². The molecule has 0 unspecified atom stereocenters. The van der Waals surface area contributed by atoms with E-state index >= 15 is 0 Å². The molecule has 1 N–H and O–H groups in total. The first kappa shape index (κ1) is 18.5. The zero-order chi connectivity index (χ0) is 19.7. The van der Waals surface area contributed by atoms with E-state index in [-0.39, 0.29) is 12.3 Å². The molecular formula is C21H18ClN3O2S. The van der Waals surface area contributed by atoms with Crippen LogP contribution in [-0.2, 0) is 11.2 Å². The Morgan fingerprint density at radius 3 is 2.75 bits per heavy atom. The number of aromatic nitrogens is 2. The van der Waals surface area contributed by atoms with E-state index in [1.807, 2.05) is 16.0 Å². The Morgan fingerprint density at radius 2 is 2.04 bits per heavy atom. The number of nitrogens with zero attached hydrogens (tertiary/aromatic N) is 2. The molecule has 7 heteroatoms. The van der Waals surface area contributed by atoms with Crippen molar-refractivity contribution in [3.8, 4) is 17.0 Å². The van der Waals surface area contributed by atoms with Gasteiger partial charge in [-0.1, -0.05) is 41.4 Å². The van der Waals surface area contributed by atoms with Crippen molar-refractivity contribution < 1.29 is 9.53 Å². The number of anilines is 1. The van der Waals surface area contributed by atoms with Crippen molar-refractivity contribution in [2.75, 3.05) is 12.4 Å². The molecule has 0 fully saturated rings. The average molecular weight is 412 g/mol. The molecule has 5 nitrogen and oxygen atoms in total. The van der Waals surface area contributed by atoms with Gasteiger partial charge < -0.3 is 10.1 Å². The number of carbonyl (C=O) groups is 1. The van der Waals surface area contributed by atoms with E-state index < -0.39 is 0 Å². The quantitative estimate of drug-likeness (QED) is 0.490. The number of hydrogen-bond donors (Lipinski definition) is 1. The standard InChI is InChI=1S/C21H18ClN3O2S/c1-13-3-5-14(6-4-13)18-11-25-16(12-28-21(25)24-18)10-20(26)23-15-7-8-19(27-2)17(22)9-15/h3-9,11-12H,10H2,1-2H3,(H,23,26). The maximum absolute atomic E-state index is 12.5. The fourth-order valence-corrected chi connectivity index (χ4v) is 4.06. The molecule has 0 aliphatic heterocycles. The first-order valence-corrected chi connectivity index (χ1v) is 9.95. The number of halogens is 1. The number of aryl methyl sites for hydroxylation is 1. The van der Waals surface area contributed by atoms with E-state index in [0.29, 0.717) is 16.5 Å². The maximum Gasteiger partial charge on any atom is 0.230 e. The van der Waals surface area contributed by atoms with E-state index in [1.165, 1.54) is 16.9 Å². The van der Waals surface area contributed by atoms with Crippen LogP contribution in [0.2, 0.25) is 5.02 Å². The Labute approximate surface area is 171 Å². The predicted octanol–water partition coefficient (Wildman–Crippen LogP) is 5.21. The summed E-state index contributed by atoms with van der Waals surface area (Å²) in [5, 5.41) is 5.29. The minimum absolute atomic E-state index is 0.119. The van der Waals surface area contributed by atoms with Crippen LogP contribution in [0, 0.1) is 6.92 Å². The van der Waals surface area contributed by atoms with Gasteiger partial charge in [-0.2, -0.15) is 0 Å².